The highest BCUT2D eigenvalue weighted by atomic mass is 16.3. The Labute approximate surface area is 162 Å². The second-order valence-electron chi connectivity index (χ2n) is 7.28. The van der Waals surface area contributed by atoms with Crippen molar-refractivity contribution < 1.29 is 10.2 Å². The highest BCUT2D eigenvalue weighted by Gasteiger charge is 2.16. The first-order valence-electron chi connectivity index (χ1n) is 8.91. The van der Waals surface area contributed by atoms with Crippen molar-refractivity contribution in [2.45, 2.75) is 19.4 Å². The first kappa shape index (κ1) is 17.8. The van der Waals surface area contributed by atoms with E-state index >= 15 is 0 Å². The van der Waals surface area contributed by atoms with E-state index in [-0.39, 0.29) is 11.3 Å². The van der Waals surface area contributed by atoms with E-state index in [1.54, 1.807) is 32.2 Å². The maximum absolute atomic E-state index is 10.1. The molecule has 0 atom stereocenters. The van der Waals surface area contributed by atoms with Crippen LogP contribution in [0.3, 0.4) is 0 Å². The number of phenols is 1. The number of nitrogens with one attached hydrogen (secondary N) is 1. The highest BCUT2D eigenvalue weighted by Crippen LogP contribution is 2.33. The summed E-state index contributed by atoms with van der Waals surface area (Å²) >= 11 is 0. The maximum Gasteiger partial charge on any atom is 0.138 e. The van der Waals surface area contributed by atoms with Crippen LogP contribution in [0.25, 0.3) is 33.4 Å². The molecule has 0 bridgehead atoms. The van der Waals surface area contributed by atoms with Crippen molar-refractivity contribution in [2.24, 2.45) is 0 Å². The molecule has 0 saturated carbocycles. The lowest BCUT2D eigenvalue weighted by Crippen LogP contribution is -2.14. The third-order valence-corrected chi connectivity index (χ3v) is 4.86. The van der Waals surface area contributed by atoms with Crippen LogP contribution < -0.4 is 0 Å². The van der Waals surface area contributed by atoms with Crippen molar-refractivity contribution in [1.29, 1.82) is 5.26 Å². The van der Waals surface area contributed by atoms with Gasteiger partial charge in [-0.15, -0.1) is 0 Å². The summed E-state index contributed by atoms with van der Waals surface area (Å²) in [5.74, 6) is -0.0294. The summed E-state index contributed by atoms with van der Waals surface area (Å²) in [6, 6.07) is 18.7. The second kappa shape index (κ2) is 6.52. The lowest BCUT2D eigenvalue weighted by atomic mass is 9.96. The third kappa shape index (κ3) is 3.11. The number of hydrogen-bond donors (Lipinski definition) is 3. The van der Waals surface area contributed by atoms with Crippen molar-refractivity contribution in [1.82, 2.24) is 9.97 Å². The molecule has 5 heteroatoms. The molecule has 0 aliphatic rings. The summed E-state index contributed by atoms with van der Waals surface area (Å²) in [6.07, 6.45) is 1.72. The van der Waals surface area contributed by atoms with E-state index in [9.17, 15) is 15.5 Å². The van der Waals surface area contributed by atoms with Crippen molar-refractivity contribution in [2.75, 3.05) is 0 Å². The van der Waals surface area contributed by atoms with Gasteiger partial charge in [0.25, 0.3) is 0 Å². The summed E-state index contributed by atoms with van der Waals surface area (Å²) in [6.45, 7) is 3.52. The molecule has 2 aromatic carbocycles. The van der Waals surface area contributed by atoms with Gasteiger partial charge in [0.1, 0.15) is 17.5 Å². The number of benzene rings is 2. The average Bonchev–Trinajstić information content (AvgIpc) is 3.12. The smallest absolute Gasteiger partial charge is 0.138 e. The van der Waals surface area contributed by atoms with Crippen LogP contribution in [0.1, 0.15) is 25.0 Å². The second-order valence-corrected chi connectivity index (χ2v) is 7.28. The van der Waals surface area contributed by atoms with Gasteiger partial charge in [0, 0.05) is 17.3 Å². The number of pyridine rings is 1. The molecule has 5 nitrogen and oxygen atoms in total. The highest BCUT2D eigenvalue weighted by molar-refractivity contribution is 5.96. The number of H-pyrrole nitrogens is 1. The summed E-state index contributed by atoms with van der Waals surface area (Å²) < 4.78 is 0. The molecule has 3 N–H and O–H groups in total. The number of fused-ring (bicyclic) bond motifs is 1. The number of nitriles is 1. The Balaban J connectivity index is 1.81. The SMILES string of the molecule is CC(C)(O)c1ccc(-c2cc3c(-c4ccc(O)c(C#N)c4)ccnc3[nH]2)cc1. The minimum Gasteiger partial charge on any atom is -0.507 e. The Bertz CT molecular complexity index is 1210. The molecular formula is C23H19N3O2. The Hall–Kier alpha value is -3.62. The monoisotopic (exact) mass is 369 g/mol. The van der Waals surface area contributed by atoms with Gasteiger partial charge in [0.05, 0.1) is 11.2 Å². The fraction of sp³-hybridized carbons (Fsp3) is 0.130. The van der Waals surface area contributed by atoms with E-state index in [0.29, 0.717) is 0 Å². The van der Waals surface area contributed by atoms with Gasteiger partial charge >= 0.3 is 0 Å². The number of hydrogen-bond acceptors (Lipinski definition) is 4. The molecule has 0 amide bonds. The molecule has 4 rings (SSSR count). The Morgan fingerprint density at radius 2 is 1.71 bits per heavy atom. The maximum atomic E-state index is 10.1. The van der Waals surface area contributed by atoms with Crippen molar-refractivity contribution in [3.8, 4) is 34.2 Å². The first-order chi connectivity index (χ1) is 13.4. The van der Waals surface area contributed by atoms with Gasteiger partial charge in [-0.25, -0.2) is 4.98 Å². The van der Waals surface area contributed by atoms with E-state index < -0.39 is 5.60 Å². The zero-order valence-electron chi connectivity index (χ0n) is 15.6. The predicted octanol–water partition coefficient (Wildman–Crippen LogP) is 4.70. The lowest BCUT2D eigenvalue weighted by Gasteiger charge is -2.17. The van der Waals surface area contributed by atoms with Gasteiger partial charge in [0.15, 0.2) is 0 Å². The summed E-state index contributed by atoms with van der Waals surface area (Å²) in [5, 5.41) is 30.0. The number of aromatic hydroxyl groups is 1. The van der Waals surface area contributed by atoms with Gasteiger partial charge in [0.2, 0.25) is 0 Å². The van der Waals surface area contributed by atoms with Crippen molar-refractivity contribution >= 4 is 11.0 Å². The summed E-state index contributed by atoms with van der Waals surface area (Å²) in [7, 11) is 0. The summed E-state index contributed by atoms with van der Waals surface area (Å²) in [5.41, 5.74) is 4.61. The molecular weight excluding hydrogens is 350 g/mol. The zero-order valence-corrected chi connectivity index (χ0v) is 15.6. The van der Waals surface area contributed by atoms with Gasteiger partial charge in [-0.3, -0.25) is 0 Å². The van der Waals surface area contributed by atoms with E-state index in [2.05, 4.69) is 9.97 Å². The number of aromatic amines is 1. The van der Waals surface area contributed by atoms with Crippen LogP contribution in [0.5, 0.6) is 5.75 Å². The van der Waals surface area contributed by atoms with Crippen molar-refractivity contribution in [3.05, 3.63) is 71.9 Å². The standard InChI is InChI=1S/C23H19N3O2/c1-23(2,28)17-6-3-14(4-7-17)20-12-19-18(9-10-25-22(19)26-20)15-5-8-21(27)16(11-15)13-24/h3-12,27-28H,1-2H3,(H,25,26). The van der Waals surface area contributed by atoms with Crippen molar-refractivity contribution in [3.63, 3.8) is 0 Å². The van der Waals surface area contributed by atoms with Crippen LogP contribution in [-0.4, -0.2) is 20.2 Å². The van der Waals surface area contributed by atoms with E-state index in [1.807, 2.05) is 42.5 Å². The van der Waals surface area contributed by atoms with Gasteiger partial charge in [-0.2, -0.15) is 5.26 Å². The Morgan fingerprint density at radius 3 is 2.39 bits per heavy atom. The van der Waals surface area contributed by atoms with Crippen LogP contribution in [0.4, 0.5) is 0 Å². The molecule has 28 heavy (non-hydrogen) atoms. The number of rotatable bonds is 3. The number of aromatic nitrogens is 2. The minimum absolute atomic E-state index is 0.0294. The lowest BCUT2D eigenvalue weighted by molar-refractivity contribution is 0.0786. The fourth-order valence-electron chi connectivity index (χ4n) is 3.28. The minimum atomic E-state index is -0.884. The largest absolute Gasteiger partial charge is 0.507 e. The number of phenolic OH excluding ortho intramolecular Hbond substituents is 1. The van der Waals surface area contributed by atoms with Crippen LogP contribution in [0.2, 0.25) is 0 Å². The van der Waals surface area contributed by atoms with Crippen LogP contribution in [0, 0.1) is 11.3 Å². The van der Waals surface area contributed by atoms with E-state index in [0.717, 1.165) is 39.0 Å². The first-order valence-corrected chi connectivity index (χ1v) is 8.91. The van der Waals surface area contributed by atoms with Gasteiger partial charge in [-0.1, -0.05) is 30.3 Å². The Kier molecular flexibility index (Phi) is 4.14. The molecule has 2 aromatic heterocycles. The molecule has 0 aliphatic heterocycles. The molecule has 0 unspecified atom stereocenters. The molecule has 138 valence electrons. The normalized spacial score (nSPS) is 11.5. The van der Waals surface area contributed by atoms with Crippen LogP contribution in [-0.2, 0) is 5.60 Å². The average molecular weight is 369 g/mol. The molecule has 0 fully saturated rings. The molecule has 2 heterocycles. The molecule has 0 saturated heterocycles. The predicted molar refractivity (Wildman–Crippen MR) is 109 cm³/mol. The fourth-order valence-corrected chi connectivity index (χ4v) is 3.28. The van der Waals surface area contributed by atoms with Crippen LogP contribution in [0.15, 0.2) is 60.8 Å². The number of nitrogens with zero attached hydrogens (tertiary/aromatic N) is 2. The van der Waals surface area contributed by atoms with Gasteiger partial charge in [-0.05, 0) is 60.4 Å². The van der Waals surface area contributed by atoms with Crippen LogP contribution >= 0.6 is 0 Å². The number of aliphatic hydroxyl groups is 1. The topological polar surface area (TPSA) is 92.9 Å². The molecule has 0 radical (unpaired) electrons. The molecule has 4 aromatic rings. The summed E-state index contributed by atoms with van der Waals surface area (Å²) in [4.78, 5) is 7.75. The molecule has 0 spiro atoms. The van der Waals surface area contributed by atoms with E-state index in [4.69, 9.17) is 0 Å². The van der Waals surface area contributed by atoms with E-state index in [1.165, 1.54) is 6.07 Å². The third-order valence-electron chi connectivity index (χ3n) is 4.86. The molecule has 0 aliphatic carbocycles. The zero-order chi connectivity index (χ0) is 19.9. The Morgan fingerprint density at radius 1 is 1.00 bits per heavy atom. The quantitative estimate of drug-likeness (QED) is 0.488. The van der Waals surface area contributed by atoms with Gasteiger partial charge < -0.3 is 15.2 Å².